The predicted molar refractivity (Wildman–Crippen MR) is 56.6 cm³/mol. The molecule has 2 heteroatoms. The SMILES string of the molecule is CCc1ccc([Si](C)(C)C)cn1. The largest absolute Gasteiger partial charge is 0.261 e. The van der Waals surface area contributed by atoms with Crippen LogP contribution in [0.4, 0.5) is 0 Å². The van der Waals surface area contributed by atoms with Gasteiger partial charge in [0.15, 0.2) is 0 Å². The average Bonchev–Trinajstić information content (AvgIpc) is 2.03. The molecule has 66 valence electrons. The molecule has 0 aliphatic heterocycles. The standard InChI is InChI=1S/C10H17NSi/c1-5-9-6-7-10(8-11-9)12(2,3)4/h6-8H,5H2,1-4H3. The van der Waals surface area contributed by atoms with Crippen molar-refractivity contribution in [2.45, 2.75) is 33.0 Å². The minimum absolute atomic E-state index is 1.03. The lowest BCUT2D eigenvalue weighted by molar-refractivity contribution is 1.04. The number of pyridine rings is 1. The molecule has 0 radical (unpaired) electrons. The maximum absolute atomic E-state index is 4.40. The van der Waals surface area contributed by atoms with E-state index in [9.17, 15) is 0 Å². The van der Waals surface area contributed by atoms with E-state index in [0.29, 0.717) is 0 Å². The Labute approximate surface area is 75.9 Å². The van der Waals surface area contributed by atoms with E-state index in [-0.39, 0.29) is 0 Å². The van der Waals surface area contributed by atoms with Crippen LogP contribution in [-0.2, 0) is 6.42 Å². The minimum atomic E-state index is -1.13. The van der Waals surface area contributed by atoms with Gasteiger partial charge in [0.05, 0.1) is 8.07 Å². The molecule has 0 atom stereocenters. The highest BCUT2D eigenvalue weighted by Gasteiger charge is 2.15. The van der Waals surface area contributed by atoms with Crippen molar-refractivity contribution in [3.8, 4) is 0 Å². The molecule has 0 saturated heterocycles. The van der Waals surface area contributed by atoms with Crippen LogP contribution < -0.4 is 5.19 Å². The second-order valence-electron chi connectivity index (χ2n) is 4.14. The van der Waals surface area contributed by atoms with Gasteiger partial charge >= 0.3 is 0 Å². The third-order valence-corrected chi connectivity index (χ3v) is 4.08. The molecule has 0 fully saturated rings. The summed E-state index contributed by atoms with van der Waals surface area (Å²) in [7, 11) is -1.13. The molecule has 1 rings (SSSR count). The average molecular weight is 179 g/mol. The zero-order valence-electron chi connectivity index (χ0n) is 8.39. The molecular formula is C10H17NSi. The van der Waals surface area contributed by atoms with E-state index in [0.717, 1.165) is 6.42 Å². The number of hydrogen-bond acceptors (Lipinski definition) is 1. The van der Waals surface area contributed by atoms with Gasteiger partial charge < -0.3 is 0 Å². The molecule has 12 heavy (non-hydrogen) atoms. The molecule has 0 spiro atoms. The van der Waals surface area contributed by atoms with Crippen molar-refractivity contribution in [1.29, 1.82) is 0 Å². The summed E-state index contributed by atoms with van der Waals surface area (Å²) in [5, 5.41) is 1.44. The van der Waals surface area contributed by atoms with Gasteiger partial charge in [-0.05, 0) is 17.7 Å². The fraction of sp³-hybridized carbons (Fsp3) is 0.500. The summed E-state index contributed by atoms with van der Waals surface area (Å²) >= 11 is 0. The number of nitrogens with zero attached hydrogens (tertiary/aromatic N) is 1. The summed E-state index contributed by atoms with van der Waals surface area (Å²) in [5.41, 5.74) is 1.19. The van der Waals surface area contributed by atoms with Gasteiger partial charge in [0.2, 0.25) is 0 Å². The van der Waals surface area contributed by atoms with Crippen molar-refractivity contribution in [2.75, 3.05) is 0 Å². The van der Waals surface area contributed by atoms with Crippen molar-refractivity contribution in [2.24, 2.45) is 0 Å². The van der Waals surface area contributed by atoms with Gasteiger partial charge in [-0.1, -0.05) is 32.6 Å². The fourth-order valence-corrected chi connectivity index (χ4v) is 2.11. The fourth-order valence-electron chi connectivity index (χ4n) is 1.08. The van der Waals surface area contributed by atoms with Crippen molar-refractivity contribution in [1.82, 2.24) is 4.98 Å². The normalized spacial score (nSPS) is 11.7. The van der Waals surface area contributed by atoms with Crippen LogP contribution in [0.3, 0.4) is 0 Å². The lowest BCUT2D eigenvalue weighted by Gasteiger charge is -2.15. The smallest absolute Gasteiger partial charge is 0.0796 e. The number of hydrogen-bond donors (Lipinski definition) is 0. The van der Waals surface area contributed by atoms with Crippen LogP contribution in [0, 0.1) is 0 Å². The molecule has 0 unspecified atom stereocenters. The highest BCUT2D eigenvalue weighted by atomic mass is 28.3. The van der Waals surface area contributed by atoms with E-state index in [1.54, 1.807) is 0 Å². The summed E-state index contributed by atoms with van der Waals surface area (Å²) in [6, 6.07) is 4.38. The molecule has 0 N–H and O–H groups in total. The van der Waals surface area contributed by atoms with Crippen molar-refractivity contribution < 1.29 is 0 Å². The van der Waals surface area contributed by atoms with Crippen molar-refractivity contribution in [3.63, 3.8) is 0 Å². The molecule has 0 amide bonds. The molecule has 1 aromatic heterocycles. The Morgan fingerprint density at radius 3 is 2.25 bits per heavy atom. The monoisotopic (exact) mass is 179 g/mol. The van der Waals surface area contributed by atoms with Crippen LogP contribution in [0.2, 0.25) is 19.6 Å². The lowest BCUT2D eigenvalue weighted by Crippen LogP contribution is -2.37. The maximum atomic E-state index is 4.40. The molecule has 1 nitrogen and oxygen atoms in total. The molecular weight excluding hydrogens is 162 g/mol. The van der Waals surface area contributed by atoms with Crippen molar-refractivity contribution >= 4 is 13.3 Å². The van der Waals surface area contributed by atoms with Gasteiger partial charge in [-0.15, -0.1) is 0 Å². The second kappa shape index (κ2) is 3.40. The van der Waals surface area contributed by atoms with Crippen molar-refractivity contribution in [3.05, 3.63) is 24.0 Å². The first-order valence-corrected chi connectivity index (χ1v) is 7.99. The quantitative estimate of drug-likeness (QED) is 0.634. The number of aromatic nitrogens is 1. The van der Waals surface area contributed by atoms with Gasteiger partial charge in [-0.25, -0.2) is 0 Å². The van der Waals surface area contributed by atoms with Crippen LogP contribution in [0.25, 0.3) is 0 Å². The first-order valence-electron chi connectivity index (χ1n) is 4.49. The highest BCUT2D eigenvalue weighted by molar-refractivity contribution is 6.88. The molecule has 0 aliphatic rings. The molecule has 0 bridgehead atoms. The Hall–Kier alpha value is -0.633. The lowest BCUT2D eigenvalue weighted by atomic mass is 10.3. The van der Waals surface area contributed by atoms with Gasteiger partial charge in [0, 0.05) is 11.9 Å². The van der Waals surface area contributed by atoms with E-state index >= 15 is 0 Å². The Morgan fingerprint density at radius 1 is 1.25 bits per heavy atom. The molecule has 0 aromatic carbocycles. The third-order valence-electron chi connectivity index (χ3n) is 2.05. The van der Waals surface area contributed by atoms with E-state index in [1.165, 1.54) is 10.9 Å². The third kappa shape index (κ3) is 2.17. The van der Waals surface area contributed by atoms with Gasteiger partial charge in [-0.3, -0.25) is 4.98 Å². The predicted octanol–water partition coefficient (Wildman–Crippen LogP) is 2.19. The first kappa shape index (κ1) is 9.45. The zero-order chi connectivity index (χ0) is 9.19. The molecule has 1 aromatic rings. The van der Waals surface area contributed by atoms with Gasteiger partial charge in [0.25, 0.3) is 0 Å². The van der Waals surface area contributed by atoms with Crippen LogP contribution >= 0.6 is 0 Å². The van der Waals surface area contributed by atoms with Gasteiger partial charge in [0.1, 0.15) is 0 Å². The number of aryl methyl sites for hydroxylation is 1. The summed E-state index contributed by atoms with van der Waals surface area (Å²) in [5.74, 6) is 0. The van der Waals surface area contributed by atoms with Crippen LogP contribution in [0.5, 0.6) is 0 Å². The summed E-state index contributed by atoms with van der Waals surface area (Å²) < 4.78 is 0. The molecule has 1 heterocycles. The van der Waals surface area contributed by atoms with Crippen LogP contribution in [0.1, 0.15) is 12.6 Å². The van der Waals surface area contributed by atoms with E-state index in [4.69, 9.17) is 0 Å². The minimum Gasteiger partial charge on any atom is -0.261 e. The summed E-state index contributed by atoms with van der Waals surface area (Å²) in [4.78, 5) is 4.40. The van der Waals surface area contributed by atoms with E-state index < -0.39 is 8.07 Å². The van der Waals surface area contributed by atoms with E-state index in [1.807, 2.05) is 6.20 Å². The molecule has 0 saturated carbocycles. The Bertz CT molecular complexity index is 246. The van der Waals surface area contributed by atoms with Gasteiger partial charge in [-0.2, -0.15) is 0 Å². The van der Waals surface area contributed by atoms with Crippen LogP contribution in [0.15, 0.2) is 18.3 Å². The summed E-state index contributed by atoms with van der Waals surface area (Å²) in [6.07, 6.45) is 3.08. The number of rotatable bonds is 2. The summed E-state index contributed by atoms with van der Waals surface area (Å²) in [6.45, 7) is 9.16. The second-order valence-corrected chi connectivity index (χ2v) is 9.22. The Balaban J connectivity index is 2.93. The van der Waals surface area contributed by atoms with E-state index in [2.05, 4.69) is 43.7 Å². The molecule has 0 aliphatic carbocycles. The maximum Gasteiger partial charge on any atom is 0.0796 e. The van der Waals surface area contributed by atoms with Crippen LogP contribution in [-0.4, -0.2) is 13.1 Å². The first-order chi connectivity index (χ1) is 5.54. The Morgan fingerprint density at radius 2 is 1.92 bits per heavy atom. The highest BCUT2D eigenvalue weighted by Crippen LogP contribution is 2.02. The Kier molecular flexibility index (Phi) is 2.68. The topological polar surface area (TPSA) is 12.9 Å². The zero-order valence-corrected chi connectivity index (χ0v) is 9.39.